The SMILES string of the molecule is CC.Cc1cc(-c2nccc(-c3cc4n(n3)CCNC4=O)n2)cc(C)c1OC(C)C. The number of aryl methyl sites for hydroxylation is 2. The summed E-state index contributed by atoms with van der Waals surface area (Å²) in [4.78, 5) is 21.1. The van der Waals surface area contributed by atoms with Crippen LogP contribution in [-0.2, 0) is 6.54 Å². The first-order valence-corrected chi connectivity index (χ1v) is 10.4. The second kappa shape index (κ2) is 9.07. The standard InChI is InChI=1S/C21H23N5O2.C2H6/c1-12(2)28-19-13(3)9-15(10-14(19)4)20-22-6-5-16(24-20)17-11-18-21(27)23-7-8-26(18)25-17;1-2/h5-6,9-12H,7-8H2,1-4H3,(H,23,27);1-2H3. The maximum Gasteiger partial charge on any atom is 0.269 e. The number of aromatic nitrogens is 4. The van der Waals surface area contributed by atoms with Gasteiger partial charge < -0.3 is 10.1 Å². The van der Waals surface area contributed by atoms with E-state index in [1.165, 1.54) is 0 Å². The Bertz CT molecular complexity index is 1030. The molecule has 0 bridgehead atoms. The second-order valence-corrected chi connectivity index (χ2v) is 7.27. The van der Waals surface area contributed by atoms with Crippen molar-refractivity contribution in [2.45, 2.75) is 54.2 Å². The molecule has 7 nitrogen and oxygen atoms in total. The Kier molecular flexibility index (Phi) is 6.50. The summed E-state index contributed by atoms with van der Waals surface area (Å²) in [6.45, 7) is 13.3. The quantitative estimate of drug-likeness (QED) is 0.702. The van der Waals surface area contributed by atoms with Crippen LogP contribution in [0.3, 0.4) is 0 Å². The Morgan fingerprint density at radius 3 is 2.43 bits per heavy atom. The van der Waals surface area contributed by atoms with Crippen LogP contribution < -0.4 is 10.1 Å². The molecule has 2 aromatic heterocycles. The summed E-state index contributed by atoms with van der Waals surface area (Å²) < 4.78 is 7.65. The van der Waals surface area contributed by atoms with Gasteiger partial charge in [0.1, 0.15) is 17.1 Å². The van der Waals surface area contributed by atoms with Crippen molar-refractivity contribution in [3.63, 3.8) is 0 Å². The highest BCUT2D eigenvalue weighted by Crippen LogP contribution is 2.30. The highest BCUT2D eigenvalue weighted by molar-refractivity contribution is 5.94. The molecule has 1 aliphatic rings. The van der Waals surface area contributed by atoms with Crippen LogP contribution in [0.25, 0.3) is 22.8 Å². The Morgan fingerprint density at radius 2 is 1.80 bits per heavy atom. The summed E-state index contributed by atoms with van der Waals surface area (Å²) in [5, 5.41) is 7.36. The van der Waals surface area contributed by atoms with E-state index in [-0.39, 0.29) is 12.0 Å². The van der Waals surface area contributed by atoms with Crippen molar-refractivity contribution < 1.29 is 9.53 Å². The van der Waals surface area contributed by atoms with Gasteiger partial charge in [-0.1, -0.05) is 13.8 Å². The minimum atomic E-state index is -0.105. The Hall–Kier alpha value is -3.22. The number of nitrogens with one attached hydrogen (secondary N) is 1. The molecule has 7 heteroatoms. The Labute approximate surface area is 177 Å². The monoisotopic (exact) mass is 407 g/mol. The molecular weight excluding hydrogens is 378 g/mol. The molecule has 1 amide bonds. The minimum Gasteiger partial charge on any atom is -0.490 e. The molecule has 1 N–H and O–H groups in total. The summed E-state index contributed by atoms with van der Waals surface area (Å²) in [6, 6.07) is 7.66. The largest absolute Gasteiger partial charge is 0.490 e. The first kappa shape index (κ1) is 21.5. The highest BCUT2D eigenvalue weighted by atomic mass is 16.5. The smallest absolute Gasteiger partial charge is 0.269 e. The van der Waals surface area contributed by atoms with Gasteiger partial charge >= 0.3 is 0 Å². The van der Waals surface area contributed by atoms with Gasteiger partial charge in [0, 0.05) is 18.3 Å². The van der Waals surface area contributed by atoms with E-state index in [0.717, 1.165) is 22.4 Å². The first-order valence-electron chi connectivity index (χ1n) is 10.4. The van der Waals surface area contributed by atoms with E-state index in [1.807, 2.05) is 59.7 Å². The molecule has 0 atom stereocenters. The maximum atomic E-state index is 12.0. The molecule has 4 rings (SSSR count). The lowest BCUT2D eigenvalue weighted by Crippen LogP contribution is -2.35. The third-order valence-electron chi connectivity index (χ3n) is 4.61. The van der Waals surface area contributed by atoms with Crippen LogP contribution in [0.5, 0.6) is 5.75 Å². The van der Waals surface area contributed by atoms with Crippen LogP contribution >= 0.6 is 0 Å². The Balaban J connectivity index is 0.00000124. The number of rotatable bonds is 4. The fourth-order valence-corrected chi connectivity index (χ4v) is 3.40. The van der Waals surface area contributed by atoms with Crippen molar-refractivity contribution in [3.05, 3.63) is 47.3 Å². The molecule has 0 spiro atoms. The van der Waals surface area contributed by atoms with Gasteiger partial charge in [0.2, 0.25) is 0 Å². The van der Waals surface area contributed by atoms with Crippen molar-refractivity contribution in [1.82, 2.24) is 25.1 Å². The maximum absolute atomic E-state index is 12.0. The lowest BCUT2D eigenvalue weighted by atomic mass is 10.0. The van der Waals surface area contributed by atoms with Crippen LogP contribution in [0.15, 0.2) is 30.5 Å². The third kappa shape index (κ3) is 4.35. The number of benzene rings is 1. The van der Waals surface area contributed by atoms with Crippen molar-refractivity contribution in [2.24, 2.45) is 0 Å². The number of hydrogen-bond acceptors (Lipinski definition) is 5. The molecule has 0 radical (unpaired) electrons. The predicted octanol–water partition coefficient (Wildman–Crippen LogP) is 4.18. The number of hydrogen-bond donors (Lipinski definition) is 1. The molecule has 1 aliphatic heterocycles. The van der Waals surface area contributed by atoms with E-state index in [4.69, 9.17) is 9.72 Å². The third-order valence-corrected chi connectivity index (χ3v) is 4.61. The molecule has 1 aromatic carbocycles. The fourth-order valence-electron chi connectivity index (χ4n) is 3.40. The van der Waals surface area contributed by atoms with Crippen molar-refractivity contribution in [1.29, 1.82) is 0 Å². The number of fused-ring (bicyclic) bond motifs is 1. The lowest BCUT2D eigenvalue weighted by Gasteiger charge is -2.16. The molecular formula is C23H29N5O2. The number of amides is 1. The van der Waals surface area contributed by atoms with Crippen molar-refractivity contribution in [3.8, 4) is 28.5 Å². The normalized spacial score (nSPS) is 12.7. The molecule has 158 valence electrons. The average molecular weight is 408 g/mol. The highest BCUT2D eigenvalue weighted by Gasteiger charge is 2.20. The molecule has 3 heterocycles. The van der Waals surface area contributed by atoms with E-state index in [1.54, 1.807) is 16.9 Å². The van der Waals surface area contributed by atoms with Crippen LogP contribution in [0.2, 0.25) is 0 Å². The van der Waals surface area contributed by atoms with E-state index < -0.39 is 0 Å². The van der Waals surface area contributed by atoms with Crippen LogP contribution in [0.1, 0.15) is 49.3 Å². The van der Waals surface area contributed by atoms with Gasteiger partial charge in [-0.25, -0.2) is 9.97 Å². The molecule has 0 aliphatic carbocycles. The number of carbonyl (C=O) groups is 1. The van der Waals surface area contributed by atoms with Crippen LogP contribution in [0, 0.1) is 13.8 Å². The molecule has 0 unspecified atom stereocenters. The second-order valence-electron chi connectivity index (χ2n) is 7.27. The number of nitrogens with zero attached hydrogens (tertiary/aromatic N) is 4. The first-order chi connectivity index (χ1) is 14.4. The van der Waals surface area contributed by atoms with Gasteiger partial charge in [0.15, 0.2) is 5.82 Å². The zero-order valence-electron chi connectivity index (χ0n) is 18.5. The topological polar surface area (TPSA) is 81.9 Å². The number of carbonyl (C=O) groups excluding carboxylic acids is 1. The fraction of sp³-hybridized carbons (Fsp3) is 0.391. The molecule has 0 saturated carbocycles. The summed E-state index contributed by atoms with van der Waals surface area (Å²) in [7, 11) is 0. The van der Waals surface area contributed by atoms with Crippen LogP contribution in [0.4, 0.5) is 0 Å². The van der Waals surface area contributed by atoms with Gasteiger partial charge in [-0.2, -0.15) is 5.10 Å². The van der Waals surface area contributed by atoms with Gasteiger partial charge in [0.25, 0.3) is 5.91 Å². The lowest BCUT2D eigenvalue weighted by molar-refractivity contribution is 0.0924. The zero-order valence-corrected chi connectivity index (χ0v) is 18.5. The summed E-state index contributed by atoms with van der Waals surface area (Å²) in [5.74, 6) is 1.42. The minimum absolute atomic E-state index is 0.105. The molecule has 30 heavy (non-hydrogen) atoms. The molecule has 0 fully saturated rings. The van der Waals surface area contributed by atoms with Crippen LogP contribution in [-0.4, -0.2) is 38.3 Å². The van der Waals surface area contributed by atoms with Gasteiger partial charge in [0.05, 0.1) is 18.3 Å². The predicted molar refractivity (Wildman–Crippen MR) is 118 cm³/mol. The molecule has 0 saturated heterocycles. The van der Waals surface area contributed by atoms with E-state index in [2.05, 4.69) is 15.4 Å². The van der Waals surface area contributed by atoms with Crippen molar-refractivity contribution in [2.75, 3.05) is 6.54 Å². The van der Waals surface area contributed by atoms with Gasteiger partial charge in [-0.15, -0.1) is 0 Å². The van der Waals surface area contributed by atoms with Gasteiger partial charge in [-0.3, -0.25) is 9.48 Å². The summed E-state index contributed by atoms with van der Waals surface area (Å²) in [5.41, 5.74) is 4.94. The number of ether oxygens (including phenoxy) is 1. The summed E-state index contributed by atoms with van der Waals surface area (Å²) in [6.07, 6.45) is 1.84. The average Bonchev–Trinajstić information content (AvgIpc) is 3.18. The summed E-state index contributed by atoms with van der Waals surface area (Å²) >= 11 is 0. The van der Waals surface area contributed by atoms with Gasteiger partial charge in [-0.05, 0) is 63.1 Å². The van der Waals surface area contributed by atoms with E-state index >= 15 is 0 Å². The van der Waals surface area contributed by atoms with Crippen molar-refractivity contribution >= 4 is 5.91 Å². The van der Waals surface area contributed by atoms with E-state index in [9.17, 15) is 4.79 Å². The Morgan fingerprint density at radius 1 is 1.10 bits per heavy atom. The zero-order chi connectivity index (χ0) is 21.8. The molecule has 3 aromatic rings. The van der Waals surface area contributed by atoms with E-state index in [0.29, 0.717) is 36.0 Å².